The Labute approximate surface area is 157 Å². The molecule has 0 saturated carbocycles. The topological polar surface area (TPSA) is 35.5 Å². The molecule has 1 atom stereocenters. The second-order valence-electron chi connectivity index (χ2n) is 6.91. The second kappa shape index (κ2) is 18.7. The van der Waals surface area contributed by atoms with E-state index in [1.165, 1.54) is 51.4 Å². The third kappa shape index (κ3) is 17.1. The summed E-state index contributed by atoms with van der Waals surface area (Å²) in [6.45, 7) is 7.50. The van der Waals surface area contributed by atoms with Crippen LogP contribution < -0.4 is 0 Å². The molecule has 0 aliphatic rings. The van der Waals surface area contributed by atoms with Crippen molar-refractivity contribution < 1.29 is 13.6 Å². The second-order valence-corrected chi connectivity index (χ2v) is 9.09. The van der Waals surface area contributed by atoms with Crippen molar-refractivity contribution >= 4 is 7.60 Å². The van der Waals surface area contributed by atoms with E-state index < -0.39 is 7.60 Å². The third-order valence-corrected chi connectivity index (χ3v) is 6.31. The fourth-order valence-electron chi connectivity index (χ4n) is 2.64. The fourth-order valence-corrected chi connectivity index (χ4v) is 4.39. The van der Waals surface area contributed by atoms with Crippen molar-refractivity contribution in [3.8, 4) is 0 Å². The highest BCUT2D eigenvalue weighted by molar-refractivity contribution is 7.53. The van der Waals surface area contributed by atoms with E-state index in [2.05, 4.69) is 26.8 Å². The summed E-state index contributed by atoms with van der Waals surface area (Å²) in [6, 6.07) is 0. The Hall–Kier alpha value is -0.110. The van der Waals surface area contributed by atoms with Crippen LogP contribution >= 0.6 is 7.60 Å². The lowest BCUT2D eigenvalue weighted by atomic mass is 10.1. The van der Waals surface area contributed by atoms with Gasteiger partial charge in [-0.15, -0.1) is 0 Å². The summed E-state index contributed by atoms with van der Waals surface area (Å²) in [5, 5.41) is 0. The highest BCUT2D eigenvalue weighted by Gasteiger charge is 2.22. The highest BCUT2D eigenvalue weighted by atomic mass is 31.2. The number of rotatable bonds is 19. The number of unbranched alkanes of at least 4 members (excludes halogenated alkanes) is 10. The average Bonchev–Trinajstić information content (AvgIpc) is 2.61. The van der Waals surface area contributed by atoms with Gasteiger partial charge in [-0.05, 0) is 25.7 Å². The predicted molar refractivity (Wildman–Crippen MR) is 111 cm³/mol. The molecule has 0 amide bonds. The van der Waals surface area contributed by atoms with Gasteiger partial charge in [0.2, 0.25) is 0 Å². The molecule has 0 rings (SSSR count). The molecule has 25 heavy (non-hydrogen) atoms. The van der Waals surface area contributed by atoms with Gasteiger partial charge in [0, 0.05) is 0 Å². The SMILES string of the molecule is CCCCCCCC/C=C/COP(=O)(CCCC)OCCCCCC. The third-order valence-electron chi connectivity index (χ3n) is 4.33. The van der Waals surface area contributed by atoms with Crippen LogP contribution in [0.1, 0.15) is 104 Å². The van der Waals surface area contributed by atoms with Gasteiger partial charge in [0.25, 0.3) is 0 Å². The predicted octanol–water partition coefficient (Wildman–Crippen LogP) is 7.90. The molecule has 0 bridgehead atoms. The van der Waals surface area contributed by atoms with Crippen LogP contribution in [0.2, 0.25) is 0 Å². The van der Waals surface area contributed by atoms with Gasteiger partial charge in [0.15, 0.2) is 0 Å². The van der Waals surface area contributed by atoms with E-state index in [1.807, 2.05) is 6.08 Å². The minimum Gasteiger partial charge on any atom is -0.309 e. The Morgan fingerprint density at radius 2 is 1.28 bits per heavy atom. The van der Waals surface area contributed by atoms with E-state index in [4.69, 9.17) is 9.05 Å². The Morgan fingerprint density at radius 1 is 0.680 bits per heavy atom. The van der Waals surface area contributed by atoms with E-state index in [0.717, 1.165) is 32.1 Å². The van der Waals surface area contributed by atoms with E-state index in [-0.39, 0.29) is 0 Å². The maximum Gasteiger partial charge on any atom is 0.330 e. The summed E-state index contributed by atoms with van der Waals surface area (Å²) < 4.78 is 24.1. The van der Waals surface area contributed by atoms with Crippen LogP contribution in [0.3, 0.4) is 0 Å². The maximum absolute atomic E-state index is 12.8. The monoisotopic (exact) mass is 374 g/mol. The normalized spacial score (nSPS) is 14.2. The molecule has 0 N–H and O–H groups in total. The first-order valence-corrected chi connectivity index (χ1v) is 12.4. The van der Waals surface area contributed by atoms with Crippen LogP contribution in [0, 0.1) is 0 Å². The highest BCUT2D eigenvalue weighted by Crippen LogP contribution is 2.49. The number of hydrogen-bond donors (Lipinski definition) is 0. The Bertz CT molecular complexity index is 342. The molecule has 0 saturated heterocycles. The van der Waals surface area contributed by atoms with Gasteiger partial charge in [-0.2, -0.15) is 0 Å². The van der Waals surface area contributed by atoms with Crippen LogP contribution in [0.15, 0.2) is 12.2 Å². The fraction of sp³-hybridized carbons (Fsp3) is 0.905. The number of allylic oxidation sites excluding steroid dienone is 1. The molecule has 0 aromatic rings. The molecule has 0 aliphatic heterocycles. The molecule has 0 aromatic carbocycles. The van der Waals surface area contributed by atoms with Crippen molar-refractivity contribution in [2.24, 2.45) is 0 Å². The summed E-state index contributed by atoms with van der Waals surface area (Å²) >= 11 is 0. The van der Waals surface area contributed by atoms with E-state index in [9.17, 15) is 4.57 Å². The first kappa shape index (κ1) is 24.9. The first-order chi connectivity index (χ1) is 12.2. The lowest BCUT2D eigenvalue weighted by Gasteiger charge is -2.17. The van der Waals surface area contributed by atoms with Gasteiger partial charge in [-0.3, -0.25) is 4.57 Å². The number of hydrogen-bond acceptors (Lipinski definition) is 3. The summed E-state index contributed by atoms with van der Waals surface area (Å²) in [5.41, 5.74) is 0. The quantitative estimate of drug-likeness (QED) is 0.131. The molecule has 0 heterocycles. The summed E-state index contributed by atoms with van der Waals surface area (Å²) in [4.78, 5) is 0. The van der Waals surface area contributed by atoms with Crippen molar-refractivity contribution in [1.82, 2.24) is 0 Å². The summed E-state index contributed by atoms with van der Waals surface area (Å²) in [5.74, 6) is 0. The Kier molecular flexibility index (Phi) is 18.6. The molecule has 1 unspecified atom stereocenters. The van der Waals surface area contributed by atoms with Crippen molar-refractivity contribution in [2.75, 3.05) is 19.4 Å². The molecule has 0 radical (unpaired) electrons. The van der Waals surface area contributed by atoms with Gasteiger partial charge in [-0.25, -0.2) is 0 Å². The van der Waals surface area contributed by atoms with Crippen LogP contribution in [0.5, 0.6) is 0 Å². The molecule has 3 nitrogen and oxygen atoms in total. The van der Waals surface area contributed by atoms with Gasteiger partial charge in [-0.1, -0.05) is 90.7 Å². The first-order valence-electron chi connectivity index (χ1n) is 10.7. The van der Waals surface area contributed by atoms with Crippen LogP contribution in [-0.4, -0.2) is 19.4 Å². The Morgan fingerprint density at radius 3 is 1.96 bits per heavy atom. The minimum atomic E-state index is -2.91. The van der Waals surface area contributed by atoms with Crippen molar-refractivity contribution in [3.05, 3.63) is 12.2 Å². The standard InChI is InChI=1S/C21H43O3P/c1-4-7-10-12-13-14-15-16-18-20-24-25(22,21-9-6-3)23-19-17-11-8-5-2/h16,18H,4-15,17,19-21H2,1-3H3/b18-16+. The average molecular weight is 375 g/mol. The lowest BCUT2D eigenvalue weighted by molar-refractivity contribution is 0.214. The van der Waals surface area contributed by atoms with Crippen molar-refractivity contribution in [3.63, 3.8) is 0 Å². The molecular formula is C21H43O3P. The minimum absolute atomic E-state index is 0.409. The summed E-state index contributed by atoms with van der Waals surface area (Å²) in [7, 11) is -2.91. The van der Waals surface area contributed by atoms with Gasteiger partial charge in [0.05, 0.1) is 19.4 Å². The van der Waals surface area contributed by atoms with Crippen molar-refractivity contribution in [1.29, 1.82) is 0 Å². The zero-order chi connectivity index (χ0) is 18.6. The van der Waals surface area contributed by atoms with E-state index in [1.54, 1.807) is 0 Å². The maximum atomic E-state index is 12.8. The van der Waals surface area contributed by atoms with Gasteiger partial charge < -0.3 is 9.05 Å². The molecule has 4 heteroatoms. The molecule has 150 valence electrons. The summed E-state index contributed by atoms with van der Waals surface area (Å²) in [6.07, 6.45) is 20.1. The van der Waals surface area contributed by atoms with Gasteiger partial charge in [0.1, 0.15) is 0 Å². The molecule has 0 aliphatic carbocycles. The van der Waals surface area contributed by atoms with E-state index in [0.29, 0.717) is 19.4 Å². The van der Waals surface area contributed by atoms with Gasteiger partial charge >= 0.3 is 7.60 Å². The van der Waals surface area contributed by atoms with Crippen LogP contribution in [0.25, 0.3) is 0 Å². The van der Waals surface area contributed by atoms with Crippen molar-refractivity contribution in [2.45, 2.75) is 104 Å². The Balaban J connectivity index is 3.88. The smallest absolute Gasteiger partial charge is 0.309 e. The van der Waals surface area contributed by atoms with E-state index >= 15 is 0 Å². The lowest BCUT2D eigenvalue weighted by Crippen LogP contribution is -2.02. The molecule has 0 fully saturated rings. The zero-order valence-electron chi connectivity index (χ0n) is 17.1. The van der Waals surface area contributed by atoms with Crippen LogP contribution in [0.4, 0.5) is 0 Å². The molecule has 0 spiro atoms. The molecular weight excluding hydrogens is 331 g/mol. The zero-order valence-corrected chi connectivity index (χ0v) is 18.0. The molecule has 0 aromatic heterocycles. The largest absolute Gasteiger partial charge is 0.330 e. The van der Waals surface area contributed by atoms with Crippen LogP contribution in [-0.2, 0) is 13.6 Å².